The Morgan fingerprint density at radius 3 is 2.90 bits per heavy atom. The Kier molecular flexibility index (Phi) is 1.85. The summed E-state index contributed by atoms with van der Waals surface area (Å²) in [4.78, 5) is 10.6. The Bertz CT molecular complexity index is 240. The molecule has 0 aromatic carbocycles. The average Bonchev–Trinajstić information content (AvgIpc) is 2.13. The molecule has 0 saturated heterocycles. The third kappa shape index (κ3) is 1.69. The van der Waals surface area contributed by atoms with Crippen molar-refractivity contribution in [1.82, 2.24) is 9.78 Å². The molecule has 0 fully saturated rings. The molecular weight excluding hydrogens is 128 g/mol. The SMILES string of the molecule is CC(=O)Cn1cc(C)cn1. The first-order valence-electron chi connectivity index (χ1n) is 3.17. The zero-order chi connectivity index (χ0) is 7.56. The maximum Gasteiger partial charge on any atom is 0.151 e. The first-order valence-corrected chi connectivity index (χ1v) is 3.17. The first kappa shape index (κ1) is 6.99. The van der Waals surface area contributed by atoms with E-state index in [2.05, 4.69) is 5.10 Å². The molecule has 10 heavy (non-hydrogen) atoms. The largest absolute Gasteiger partial charge is 0.298 e. The average molecular weight is 138 g/mol. The predicted molar refractivity (Wildman–Crippen MR) is 37.6 cm³/mol. The van der Waals surface area contributed by atoms with E-state index < -0.39 is 0 Å². The quantitative estimate of drug-likeness (QED) is 0.605. The Morgan fingerprint density at radius 1 is 1.80 bits per heavy atom. The normalized spacial score (nSPS) is 9.80. The van der Waals surface area contributed by atoms with Crippen LogP contribution in [0.2, 0.25) is 0 Å². The third-order valence-corrected chi connectivity index (χ3v) is 1.15. The number of ketones is 1. The van der Waals surface area contributed by atoms with Crippen molar-refractivity contribution in [3.63, 3.8) is 0 Å². The second kappa shape index (κ2) is 2.64. The molecule has 0 bridgehead atoms. The molecule has 0 radical (unpaired) electrons. The van der Waals surface area contributed by atoms with Gasteiger partial charge in [-0.3, -0.25) is 9.48 Å². The number of aromatic nitrogens is 2. The van der Waals surface area contributed by atoms with Crippen molar-refractivity contribution in [1.29, 1.82) is 0 Å². The van der Waals surface area contributed by atoms with Crippen LogP contribution in [0.25, 0.3) is 0 Å². The minimum absolute atomic E-state index is 0.128. The molecule has 0 amide bonds. The van der Waals surface area contributed by atoms with E-state index in [-0.39, 0.29) is 5.78 Å². The van der Waals surface area contributed by atoms with Gasteiger partial charge in [0.15, 0.2) is 5.78 Å². The molecule has 0 spiro atoms. The van der Waals surface area contributed by atoms with Crippen LogP contribution in [0.1, 0.15) is 12.5 Å². The van der Waals surface area contributed by atoms with Gasteiger partial charge < -0.3 is 0 Å². The molecule has 0 aliphatic carbocycles. The summed E-state index contributed by atoms with van der Waals surface area (Å²) in [5, 5.41) is 3.95. The van der Waals surface area contributed by atoms with E-state index in [0.717, 1.165) is 5.56 Å². The molecular formula is C7H10N2O. The second-order valence-electron chi connectivity index (χ2n) is 2.42. The molecule has 0 atom stereocenters. The van der Waals surface area contributed by atoms with Gasteiger partial charge in [-0.05, 0) is 19.4 Å². The van der Waals surface area contributed by atoms with Crippen LogP contribution in [-0.4, -0.2) is 15.6 Å². The molecule has 0 aliphatic rings. The molecule has 1 heterocycles. The van der Waals surface area contributed by atoms with Crippen molar-refractivity contribution in [2.24, 2.45) is 0 Å². The minimum Gasteiger partial charge on any atom is -0.298 e. The topological polar surface area (TPSA) is 34.9 Å². The summed E-state index contributed by atoms with van der Waals surface area (Å²) in [6.45, 7) is 3.88. The van der Waals surface area contributed by atoms with Crippen LogP contribution in [0, 0.1) is 6.92 Å². The van der Waals surface area contributed by atoms with Crippen molar-refractivity contribution >= 4 is 5.78 Å². The van der Waals surface area contributed by atoms with Crippen molar-refractivity contribution in [2.75, 3.05) is 0 Å². The Hall–Kier alpha value is -1.12. The van der Waals surface area contributed by atoms with E-state index in [0.29, 0.717) is 6.54 Å². The van der Waals surface area contributed by atoms with Crippen LogP contribution in [-0.2, 0) is 11.3 Å². The number of hydrogen-bond donors (Lipinski definition) is 0. The van der Waals surface area contributed by atoms with E-state index in [1.165, 1.54) is 0 Å². The highest BCUT2D eigenvalue weighted by atomic mass is 16.1. The lowest BCUT2D eigenvalue weighted by Crippen LogP contribution is -2.05. The van der Waals surface area contributed by atoms with Crippen LogP contribution in [0.3, 0.4) is 0 Å². The summed E-state index contributed by atoms with van der Waals surface area (Å²) in [5.74, 6) is 0.128. The number of rotatable bonds is 2. The minimum atomic E-state index is 0.128. The van der Waals surface area contributed by atoms with Gasteiger partial charge in [0.05, 0.1) is 12.7 Å². The van der Waals surface area contributed by atoms with Gasteiger partial charge >= 0.3 is 0 Å². The molecule has 3 nitrogen and oxygen atoms in total. The molecule has 1 aromatic heterocycles. The third-order valence-electron chi connectivity index (χ3n) is 1.15. The Labute approximate surface area is 59.7 Å². The highest BCUT2D eigenvalue weighted by Gasteiger charge is 1.95. The Balaban J connectivity index is 2.67. The van der Waals surface area contributed by atoms with E-state index in [1.54, 1.807) is 17.8 Å². The van der Waals surface area contributed by atoms with Gasteiger partial charge in [0, 0.05) is 6.20 Å². The lowest BCUT2D eigenvalue weighted by atomic mass is 10.4. The summed E-state index contributed by atoms with van der Waals surface area (Å²) in [6, 6.07) is 0. The van der Waals surface area contributed by atoms with Crippen LogP contribution >= 0.6 is 0 Å². The van der Waals surface area contributed by atoms with Gasteiger partial charge in [0.2, 0.25) is 0 Å². The zero-order valence-electron chi connectivity index (χ0n) is 6.16. The monoisotopic (exact) mass is 138 g/mol. The van der Waals surface area contributed by atoms with E-state index in [4.69, 9.17) is 0 Å². The number of hydrogen-bond acceptors (Lipinski definition) is 2. The molecule has 1 aromatic rings. The fraction of sp³-hybridized carbons (Fsp3) is 0.429. The van der Waals surface area contributed by atoms with Crippen molar-refractivity contribution in [2.45, 2.75) is 20.4 Å². The van der Waals surface area contributed by atoms with Gasteiger partial charge in [0.25, 0.3) is 0 Å². The molecule has 0 unspecified atom stereocenters. The number of carbonyl (C=O) groups is 1. The standard InChI is InChI=1S/C7H10N2O/c1-6-3-8-9(4-6)5-7(2)10/h3-4H,5H2,1-2H3. The lowest BCUT2D eigenvalue weighted by molar-refractivity contribution is -0.117. The van der Waals surface area contributed by atoms with E-state index >= 15 is 0 Å². The van der Waals surface area contributed by atoms with Gasteiger partial charge in [-0.25, -0.2) is 0 Å². The number of aryl methyl sites for hydroxylation is 1. The van der Waals surface area contributed by atoms with Crippen LogP contribution in [0.15, 0.2) is 12.4 Å². The molecule has 54 valence electrons. The van der Waals surface area contributed by atoms with E-state index in [1.807, 2.05) is 13.1 Å². The number of nitrogens with zero attached hydrogens (tertiary/aromatic N) is 2. The fourth-order valence-electron chi connectivity index (χ4n) is 0.782. The summed E-state index contributed by atoms with van der Waals surface area (Å²) < 4.78 is 1.64. The lowest BCUT2D eigenvalue weighted by Gasteiger charge is -1.93. The van der Waals surface area contributed by atoms with Crippen molar-refractivity contribution in [3.8, 4) is 0 Å². The molecule has 1 rings (SSSR count). The maximum absolute atomic E-state index is 10.6. The highest BCUT2D eigenvalue weighted by molar-refractivity contribution is 5.75. The molecule has 3 heteroatoms. The van der Waals surface area contributed by atoms with Crippen molar-refractivity contribution < 1.29 is 4.79 Å². The summed E-state index contributed by atoms with van der Waals surface area (Å²) in [5.41, 5.74) is 1.08. The van der Waals surface area contributed by atoms with E-state index in [9.17, 15) is 4.79 Å². The van der Waals surface area contributed by atoms with Gasteiger partial charge in [-0.15, -0.1) is 0 Å². The fourth-order valence-corrected chi connectivity index (χ4v) is 0.782. The summed E-state index contributed by atoms with van der Waals surface area (Å²) in [7, 11) is 0. The van der Waals surface area contributed by atoms with Crippen LogP contribution < -0.4 is 0 Å². The highest BCUT2D eigenvalue weighted by Crippen LogP contribution is 1.93. The van der Waals surface area contributed by atoms with Gasteiger partial charge in [-0.2, -0.15) is 5.10 Å². The first-order chi connectivity index (χ1) is 4.68. The van der Waals surface area contributed by atoms with Gasteiger partial charge in [0.1, 0.15) is 0 Å². The smallest absolute Gasteiger partial charge is 0.151 e. The van der Waals surface area contributed by atoms with Crippen LogP contribution in [0.5, 0.6) is 0 Å². The van der Waals surface area contributed by atoms with Gasteiger partial charge in [-0.1, -0.05) is 0 Å². The van der Waals surface area contributed by atoms with Crippen LogP contribution in [0.4, 0.5) is 0 Å². The maximum atomic E-state index is 10.6. The summed E-state index contributed by atoms with van der Waals surface area (Å²) in [6.07, 6.45) is 3.59. The molecule has 0 saturated carbocycles. The number of Topliss-reactive ketones (excluding diaryl/α,β-unsaturated/α-hetero) is 1. The van der Waals surface area contributed by atoms with Crippen molar-refractivity contribution in [3.05, 3.63) is 18.0 Å². The Morgan fingerprint density at radius 2 is 2.50 bits per heavy atom. The number of carbonyl (C=O) groups excluding carboxylic acids is 1. The molecule has 0 aliphatic heterocycles. The second-order valence-corrected chi connectivity index (χ2v) is 2.42. The predicted octanol–water partition coefficient (Wildman–Crippen LogP) is 0.781. The molecule has 0 N–H and O–H groups in total. The summed E-state index contributed by atoms with van der Waals surface area (Å²) >= 11 is 0. The zero-order valence-corrected chi connectivity index (χ0v) is 6.16.